The number of carbonyl (C=O) groups excluding carboxylic acids is 1. The third-order valence-electron chi connectivity index (χ3n) is 3.22. The Bertz CT molecular complexity index is 673. The molecule has 4 N–H and O–H groups in total. The SMILES string of the molecule is CC(C)(NCc1c(C(=O)O)oc2ccccc12)C(N)=O. The highest BCUT2D eigenvalue weighted by Gasteiger charge is 2.26. The van der Waals surface area contributed by atoms with Crippen LogP contribution in [0.15, 0.2) is 28.7 Å². The zero-order valence-corrected chi connectivity index (χ0v) is 11.3. The third-order valence-corrected chi connectivity index (χ3v) is 3.22. The largest absolute Gasteiger partial charge is 0.475 e. The number of nitrogens with two attached hydrogens (primary N) is 1. The number of carboxylic acid groups (broad SMARTS) is 1. The Hall–Kier alpha value is -2.34. The standard InChI is InChI=1S/C14H16N2O4/c1-14(2,13(15)19)16-7-9-8-5-3-4-6-10(8)20-11(9)12(17)18/h3-6,16H,7H2,1-2H3,(H2,15,19)(H,17,18). The molecule has 2 rings (SSSR count). The first-order chi connectivity index (χ1) is 9.33. The minimum Gasteiger partial charge on any atom is -0.475 e. The van der Waals surface area contributed by atoms with Gasteiger partial charge in [-0.1, -0.05) is 18.2 Å². The summed E-state index contributed by atoms with van der Waals surface area (Å²) in [6, 6.07) is 7.04. The molecular formula is C14H16N2O4. The number of carboxylic acids is 1. The van der Waals surface area contributed by atoms with Gasteiger partial charge in [0.05, 0.1) is 5.54 Å². The lowest BCUT2D eigenvalue weighted by atomic mass is 10.0. The smallest absolute Gasteiger partial charge is 0.372 e. The van der Waals surface area contributed by atoms with Crippen molar-refractivity contribution in [2.75, 3.05) is 0 Å². The van der Waals surface area contributed by atoms with Gasteiger partial charge >= 0.3 is 5.97 Å². The molecule has 0 aliphatic carbocycles. The Morgan fingerprint density at radius 3 is 2.60 bits per heavy atom. The summed E-state index contributed by atoms with van der Waals surface area (Å²) in [5.74, 6) is -1.78. The average Bonchev–Trinajstić information content (AvgIpc) is 2.75. The molecule has 0 aliphatic heterocycles. The molecule has 0 saturated carbocycles. The van der Waals surface area contributed by atoms with Gasteiger partial charge < -0.3 is 15.3 Å². The number of carbonyl (C=O) groups is 2. The number of hydrogen-bond donors (Lipinski definition) is 3. The Morgan fingerprint density at radius 2 is 2.00 bits per heavy atom. The highest BCUT2D eigenvalue weighted by atomic mass is 16.4. The highest BCUT2D eigenvalue weighted by molar-refractivity contribution is 5.95. The van der Waals surface area contributed by atoms with Crippen LogP contribution in [0.25, 0.3) is 11.0 Å². The Labute approximate surface area is 115 Å². The van der Waals surface area contributed by atoms with Gasteiger partial charge in [-0.05, 0) is 19.9 Å². The lowest BCUT2D eigenvalue weighted by Gasteiger charge is -2.22. The van der Waals surface area contributed by atoms with Crippen LogP contribution in [0, 0.1) is 0 Å². The van der Waals surface area contributed by atoms with Crippen LogP contribution in [0.5, 0.6) is 0 Å². The number of aromatic carboxylic acids is 1. The predicted octanol–water partition coefficient (Wildman–Crippen LogP) is 1.48. The maximum absolute atomic E-state index is 11.3. The minimum absolute atomic E-state index is 0.126. The summed E-state index contributed by atoms with van der Waals surface area (Å²) >= 11 is 0. The van der Waals surface area contributed by atoms with Crippen LogP contribution in [0.2, 0.25) is 0 Å². The fourth-order valence-corrected chi connectivity index (χ4v) is 1.84. The number of nitrogens with one attached hydrogen (secondary N) is 1. The number of primary amides is 1. The molecule has 1 heterocycles. The number of rotatable bonds is 5. The molecule has 0 atom stereocenters. The number of benzene rings is 1. The van der Waals surface area contributed by atoms with Gasteiger partial charge in [-0.3, -0.25) is 10.1 Å². The molecule has 0 spiro atoms. The zero-order valence-electron chi connectivity index (χ0n) is 11.3. The molecule has 1 aromatic heterocycles. The van der Waals surface area contributed by atoms with Crippen molar-refractivity contribution in [2.24, 2.45) is 5.73 Å². The first-order valence-electron chi connectivity index (χ1n) is 6.11. The molecule has 0 fully saturated rings. The number of hydrogen-bond acceptors (Lipinski definition) is 4. The number of amides is 1. The summed E-state index contributed by atoms with van der Waals surface area (Å²) in [5, 5.41) is 12.8. The third kappa shape index (κ3) is 2.50. The lowest BCUT2D eigenvalue weighted by Crippen LogP contribution is -2.50. The van der Waals surface area contributed by atoms with Crippen molar-refractivity contribution in [1.29, 1.82) is 0 Å². The van der Waals surface area contributed by atoms with E-state index >= 15 is 0 Å². The van der Waals surface area contributed by atoms with E-state index in [0.717, 1.165) is 0 Å². The van der Waals surface area contributed by atoms with Crippen molar-refractivity contribution in [1.82, 2.24) is 5.32 Å². The van der Waals surface area contributed by atoms with Gasteiger partial charge in [0.15, 0.2) is 0 Å². The zero-order chi connectivity index (χ0) is 14.9. The van der Waals surface area contributed by atoms with Gasteiger partial charge in [-0.25, -0.2) is 4.79 Å². The van der Waals surface area contributed by atoms with Crippen molar-refractivity contribution in [3.05, 3.63) is 35.6 Å². The highest BCUT2D eigenvalue weighted by Crippen LogP contribution is 2.26. The van der Waals surface area contributed by atoms with E-state index in [9.17, 15) is 14.7 Å². The second-order valence-electron chi connectivity index (χ2n) is 5.05. The van der Waals surface area contributed by atoms with E-state index < -0.39 is 17.4 Å². The summed E-state index contributed by atoms with van der Waals surface area (Å²) in [6.45, 7) is 3.45. The molecule has 1 amide bonds. The van der Waals surface area contributed by atoms with Crippen LogP contribution in [-0.2, 0) is 11.3 Å². The van der Waals surface area contributed by atoms with Gasteiger partial charge in [-0.15, -0.1) is 0 Å². The van der Waals surface area contributed by atoms with E-state index in [4.69, 9.17) is 10.2 Å². The van der Waals surface area contributed by atoms with Crippen LogP contribution in [0.4, 0.5) is 0 Å². The maximum Gasteiger partial charge on any atom is 0.372 e. The molecule has 6 nitrogen and oxygen atoms in total. The molecule has 6 heteroatoms. The molecule has 0 aliphatic rings. The molecule has 0 saturated heterocycles. The monoisotopic (exact) mass is 276 g/mol. The molecular weight excluding hydrogens is 260 g/mol. The lowest BCUT2D eigenvalue weighted by molar-refractivity contribution is -0.123. The van der Waals surface area contributed by atoms with Gasteiger partial charge in [0.1, 0.15) is 5.58 Å². The summed E-state index contributed by atoms with van der Waals surface area (Å²) in [6.07, 6.45) is 0. The van der Waals surface area contributed by atoms with Crippen LogP contribution < -0.4 is 11.1 Å². The van der Waals surface area contributed by atoms with E-state index in [1.807, 2.05) is 0 Å². The topological polar surface area (TPSA) is 106 Å². The quantitative estimate of drug-likeness (QED) is 0.767. The second-order valence-corrected chi connectivity index (χ2v) is 5.05. The maximum atomic E-state index is 11.3. The second kappa shape index (κ2) is 4.97. The Morgan fingerprint density at radius 1 is 1.35 bits per heavy atom. The van der Waals surface area contributed by atoms with Crippen LogP contribution in [0.1, 0.15) is 30.0 Å². The van der Waals surface area contributed by atoms with E-state index in [-0.39, 0.29) is 12.3 Å². The normalized spacial score (nSPS) is 11.7. The van der Waals surface area contributed by atoms with Gasteiger partial charge in [0.25, 0.3) is 0 Å². The fourth-order valence-electron chi connectivity index (χ4n) is 1.84. The first kappa shape index (κ1) is 14.1. The summed E-state index contributed by atoms with van der Waals surface area (Å²) in [5.41, 5.74) is 5.34. The van der Waals surface area contributed by atoms with Crippen molar-refractivity contribution in [3.63, 3.8) is 0 Å². The summed E-state index contributed by atoms with van der Waals surface area (Å²) < 4.78 is 5.33. The van der Waals surface area contributed by atoms with E-state index in [1.54, 1.807) is 38.1 Å². The van der Waals surface area contributed by atoms with Crippen LogP contribution in [0.3, 0.4) is 0 Å². The molecule has 0 radical (unpaired) electrons. The number of fused-ring (bicyclic) bond motifs is 1. The molecule has 1 aromatic carbocycles. The van der Waals surface area contributed by atoms with Gasteiger partial charge in [0, 0.05) is 17.5 Å². The Kier molecular flexibility index (Phi) is 3.50. The molecule has 0 unspecified atom stereocenters. The van der Waals surface area contributed by atoms with Crippen molar-refractivity contribution < 1.29 is 19.1 Å². The molecule has 106 valence electrons. The van der Waals surface area contributed by atoms with Gasteiger partial charge in [-0.2, -0.15) is 0 Å². The van der Waals surface area contributed by atoms with E-state index in [1.165, 1.54) is 0 Å². The van der Waals surface area contributed by atoms with Gasteiger partial charge in [0.2, 0.25) is 11.7 Å². The van der Waals surface area contributed by atoms with E-state index in [2.05, 4.69) is 5.32 Å². The van der Waals surface area contributed by atoms with Crippen molar-refractivity contribution in [2.45, 2.75) is 25.9 Å². The van der Waals surface area contributed by atoms with Crippen LogP contribution in [-0.4, -0.2) is 22.5 Å². The first-order valence-corrected chi connectivity index (χ1v) is 6.11. The fraction of sp³-hybridized carbons (Fsp3) is 0.286. The molecule has 2 aromatic rings. The van der Waals surface area contributed by atoms with Crippen molar-refractivity contribution >= 4 is 22.8 Å². The Balaban J connectivity index is 2.40. The van der Waals surface area contributed by atoms with E-state index in [0.29, 0.717) is 16.5 Å². The molecule has 0 bridgehead atoms. The minimum atomic E-state index is -1.14. The van der Waals surface area contributed by atoms with Crippen LogP contribution >= 0.6 is 0 Å². The predicted molar refractivity (Wildman–Crippen MR) is 73.3 cm³/mol. The average molecular weight is 276 g/mol. The van der Waals surface area contributed by atoms with Crippen molar-refractivity contribution in [3.8, 4) is 0 Å². The summed E-state index contributed by atoms with van der Waals surface area (Å²) in [4.78, 5) is 22.5. The number of para-hydroxylation sites is 1. The number of furan rings is 1. The summed E-state index contributed by atoms with van der Waals surface area (Å²) in [7, 11) is 0. The molecule has 20 heavy (non-hydrogen) atoms.